The van der Waals surface area contributed by atoms with Crippen LogP contribution in [0.4, 0.5) is 11.4 Å². The molecule has 0 unspecified atom stereocenters. The van der Waals surface area contributed by atoms with E-state index in [2.05, 4.69) is 10.6 Å². The van der Waals surface area contributed by atoms with Crippen LogP contribution in [0.2, 0.25) is 0 Å². The molecule has 0 radical (unpaired) electrons. The van der Waals surface area contributed by atoms with Gasteiger partial charge in [0.25, 0.3) is 0 Å². The van der Waals surface area contributed by atoms with Gasteiger partial charge in [-0.3, -0.25) is 9.59 Å². The van der Waals surface area contributed by atoms with Crippen LogP contribution in [0, 0.1) is 6.92 Å². The van der Waals surface area contributed by atoms with Gasteiger partial charge in [0.2, 0.25) is 11.8 Å². The number of aryl methyl sites for hydroxylation is 1. The van der Waals surface area contributed by atoms with Crippen molar-refractivity contribution in [2.75, 3.05) is 24.9 Å². The molecule has 0 aliphatic carbocycles. The van der Waals surface area contributed by atoms with Crippen molar-refractivity contribution in [3.8, 4) is 11.5 Å². The molecule has 26 heavy (non-hydrogen) atoms. The number of carbonyl (C=O) groups excluding carboxylic acids is 2. The molecule has 2 aromatic rings. The van der Waals surface area contributed by atoms with Gasteiger partial charge in [0.05, 0.1) is 14.2 Å². The predicted octanol–water partition coefficient (Wildman–Crippen LogP) is 3.62. The Kier molecular flexibility index (Phi) is 6.38. The van der Waals surface area contributed by atoms with Crippen molar-refractivity contribution < 1.29 is 19.1 Å². The lowest BCUT2D eigenvalue weighted by atomic mass is 10.1. The third-order valence-electron chi connectivity index (χ3n) is 3.61. The Hall–Kier alpha value is -3.28. The highest BCUT2D eigenvalue weighted by atomic mass is 16.5. The first kappa shape index (κ1) is 19.1. The Morgan fingerprint density at radius 3 is 2.15 bits per heavy atom. The molecule has 0 saturated carbocycles. The Morgan fingerprint density at radius 2 is 1.62 bits per heavy atom. The van der Waals surface area contributed by atoms with Gasteiger partial charge >= 0.3 is 0 Å². The summed E-state index contributed by atoms with van der Waals surface area (Å²) < 4.78 is 10.4. The maximum atomic E-state index is 12.1. The summed E-state index contributed by atoms with van der Waals surface area (Å²) in [6.45, 7) is 3.31. The van der Waals surface area contributed by atoms with E-state index in [0.717, 1.165) is 16.8 Å². The van der Waals surface area contributed by atoms with E-state index in [-0.39, 0.29) is 11.8 Å². The van der Waals surface area contributed by atoms with Crippen LogP contribution >= 0.6 is 0 Å². The molecule has 136 valence electrons. The van der Waals surface area contributed by atoms with Gasteiger partial charge in [0, 0.05) is 30.4 Å². The van der Waals surface area contributed by atoms with Crippen molar-refractivity contribution in [2.24, 2.45) is 0 Å². The number of ether oxygens (including phenoxy) is 2. The lowest BCUT2D eigenvalue weighted by molar-refractivity contribution is -0.114. The minimum Gasteiger partial charge on any atom is -0.497 e. The first-order chi connectivity index (χ1) is 12.4. The number of nitrogens with one attached hydrogen (secondary N) is 2. The average Bonchev–Trinajstić information content (AvgIpc) is 2.61. The molecular weight excluding hydrogens is 332 g/mol. The summed E-state index contributed by atoms with van der Waals surface area (Å²) in [4.78, 5) is 23.3. The van der Waals surface area contributed by atoms with E-state index in [9.17, 15) is 9.59 Å². The number of amides is 2. The summed E-state index contributed by atoms with van der Waals surface area (Å²) >= 11 is 0. The molecule has 0 saturated heterocycles. The first-order valence-corrected chi connectivity index (χ1v) is 8.01. The second-order valence-corrected chi connectivity index (χ2v) is 5.68. The molecule has 0 fully saturated rings. The SMILES string of the molecule is COc1cc(/C=C/C(=O)Nc2ccc(NC(C)=O)c(C)c2)cc(OC)c1. The summed E-state index contributed by atoms with van der Waals surface area (Å²) in [5, 5.41) is 5.52. The van der Waals surface area contributed by atoms with E-state index in [1.54, 1.807) is 56.7 Å². The van der Waals surface area contributed by atoms with Crippen molar-refractivity contribution in [1.29, 1.82) is 0 Å². The zero-order chi connectivity index (χ0) is 19.1. The minimum absolute atomic E-state index is 0.137. The largest absolute Gasteiger partial charge is 0.497 e. The molecule has 2 aromatic carbocycles. The van der Waals surface area contributed by atoms with Crippen molar-refractivity contribution in [3.63, 3.8) is 0 Å². The molecule has 2 amide bonds. The lowest BCUT2D eigenvalue weighted by Crippen LogP contribution is -2.10. The number of benzene rings is 2. The molecule has 6 heteroatoms. The molecular formula is C20H22N2O4. The van der Waals surface area contributed by atoms with Crippen LogP contribution in [0.5, 0.6) is 11.5 Å². The summed E-state index contributed by atoms with van der Waals surface area (Å²) in [5.41, 5.74) is 3.01. The second-order valence-electron chi connectivity index (χ2n) is 5.68. The van der Waals surface area contributed by atoms with Crippen LogP contribution in [0.3, 0.4) is 0 Å². The smallest absolute Gasteiger partial charge is 0.248 e. The number of carbonyl (C=O) groups is 2. The minimum atomic E-state index is -0.265. The van der Waals surface area contributed by atoms with E-state index < -0.39 is 0 Å². The third-order valence-corrected chi connectivity index (χ3v) is 3.61. The average molecular weight is 354 g/mol. The molecule has 0 atom stereocenters. The van der Waals surface area contributed by atoms with Crippen LogP contribution in [-0.4, -0.2) is 26.0 Å². The standard InChI is InChI=1S/C20H22N2O4/c1-13-9-16(6-7-19(13)21-14(2)23)22-20(24)8-5-15-10-17(25-3)12-18(11-15)26-4/h5-12H,1-4H3,(H,21,23)(H,22,24)/b8-5+. The highest BCUT2D eigenvalue weighted by molar-refractivity contribution is 6.02. The van der Waals surface area contributed by atoms with E-state index >= 15 is 0 Å². The fraction of sp³-hybridized carbons (Fsp3) is 0.200. The first-order valence-electron chi connectivity index (χ1n) is 8.01. The molecule has 0 spiro atoms. The topological polar surface area (TPSA) is 76.7 Å². The van der Waals surface area contributed by atoms with E-state index in [4.69, 9.17) is 9.47 Å². The predicted molar refractivity (Wildman–Crippen MR) is 103 cm³/mol. The van der Waals surface area contributed by atoms with Crippen LogP contribution < -0.4 is 20.1 Å². The highest BCUT2D eigenvalue weighted by Gasteiger charge is 2.04. The molecule has 0 heterocycles. The fourth-order valence-electron chi connectivity index (χ4n) is 2.35. The van der Waals surface area contributed by atoms with Crippen LogP contribution in [0.15, 0.2) is 42.5 Å². The molecule has 2 N–H and O–H groups in total. The van der Waals surface area contributed by atoms with Crippen molar-refractivity contribution >= 4 is 29.3 Å². The molecule has 2 rings (SSSR count). The monoisotopic (exact) mass is 354 g/mol. The maximum Gasteiger partial charge on any atom is 0.248 e. The quantitative estimate of drug-likeness (QED) is 0.777. The Balaban J connectivity index is 2.07. The van der Waals surface area contributed by atoms with E-state index in [1.165, 1.54) is 13.0 Å². The summed E-state index contributed by atoms with van der Waals surface area (Å²) in [5.74, 6) is 0.891. The number of rotatable bonds is 6. The summed E-state index contributed by atoms with van der Waals surface area (Å²) in [6.07, 6.45) is 3.12. The van der Waals surface area contributed by atoms with E-state index in [0.29, 0.717) is 17.2 Å². The Labute approximate surface area is 152 Å². The van der Waals surface area contributed by atoms with Crippen molar-refractivity contribution in [1.82, 2.24) is 0 Å². The number of hydrogen-bond donors (Lipinski definition) is 2. The van der Waals surface area contributed by atoms with Crippen molar-refractivity contribution in [2.45, 2.75) is 13.8 Å². The zero-order valence-electron chi connectivity index (χ0n) is 15.3. The summed E-state index contributed by atoms with van der Waals surface area (Å²) in [7, 11) is 3.14. The van der Waals surface area contributed by atoms with Gasteiger partial charge in [-0.1, -0.05) is 0 Å². The van der Waals surface area contributed by atoms with Gasteiger partial charge in [-0.05, 0) is 54.5 Å². The second kappa shape index (κ2) is 8.71. The molecule has 0 bridgehead atoms. The Bertz CT molecular complexity index is 821. The number of anilines is 2. The van der Waals surface area contributed by atoms with Crippen LogP contribution in [0.25, 0.3) is 6.08 Å². The van der Waals surface area contributed by atoms with Gasteiger partial charge in [-0.25, -0.2) is 0 Å². The van der Waals surface area contributed by atoms with Gasteiger partial charge in [0.1, 0.15) is 11.5 Å². The molecule has 0 aliphatic heterocycles. The fourth-order valence-corrected chi connectivity index (χ4v) is 2.35. The summed E-state index contributed by atoms with van der Waals surface area (Å²) in [6, 6.07) is 10.7. The number of methoxy groups -OCH3 is 2. The number of hydrogen-bond acceptors (Lipinski definition) is 4. The molecule has 0 aliphatic rings. The van der Waals surface area contributed by atoms with Crippen LogP contribution in [0.1, 0.15) is 18.1 Å². The Morgan fingerprint density at radius 1 is 0.962 bits per heavy atom. The van der Waals surface area contributed by atoms with Gasteiger partial charge < -0.3 is 20.1 Å². The maximum absolute atomic E-state index is 12.1. The highest BCUT2D eigenvalue weighted by Crippen LogP contribution is 2.23. The van der Waals surface area contributed by atoms with Gasteiger partial charge in [0.15, 0.2) is 0 Å². The van der Waals surface area contributed by atoms with Crippen molar-refractivity contribution in [3.05, 3.63) is 53.6 Å². The third kappa shape index (κ3) is 5.37. The zero-order valence-corrected chi connectivity index (χ0v) is 15.3. The van der Waals surface area contributed by atoms with Gasteiger partial charge in [-0.15, -0.1) is 0 Å². The molecule has 6 nitrogen and oxygen atoms in total. The van der Waals surface area contributed by atoms with Crippen LogP contribution in [-0.2, 0) is 9.59 Å². The normalized spacial score (nSPS) is 10.5. The van der Waals surface area contributed by atoms with E-state index in [1.807, 2.05) is 6.92 Å². The van der Waals surface area contributed by atoms with Gasteiger partial charge in [-0.2, -0.15) is 0 Å². The molecule has 0 aromatic heterocycles. The lowest BCUT2D eigenvalue weighted by Gasteiger charge is -2.09.